The van der Waals surface area contributed by atoms with Crippen LogP contribution in [0.5, 0.6) is 0 Å². The zero-order chi connectivity index (χ0) is 14.7. The fraction of sp³-hybridized carbons (Fsp3) is 0.333. The summed E-state index contributed by atoms with van der Waals surface area (Å²) in [5.74, 6) is 1.22. The highest BCUT2D eigenvalue weighted by Crippen LogP contribution is 2.07. The number of hydrogen-bond donors (Lipinski definition) is 2. The van der Waals surface area contributed by atoms with Crippen LogP contribution in [-0.4, -0.2) is 26.1 Å². The first kappa shape index (κ1) is 14.4. The van der Waals surface area contributed by atoms with Gasteiger partial charge in [0.15, 0.2) is 5.82 Å². The molecule has 0 bridgehead atoms. The Bertz CT molecular complexity index is 737. The summed E-state index contributed by atoms with van der Waals surface area (Å²) in [6.45, 7) is 4.77. The molecular weight excluding hydrogens is 326 g/mol. The van der Waals surface area contributed by atoms with Crippen LogP contribution < -0.4 is 16.6 Å². The summed E-state index contributed by atoms with van der Waals surface area (Å²) >= 11 is 3.09. The lowest BCUT2D eigenvalue weighted by Crippen LogP contribution is -2.30. The van der Waals surface area contributed by atoms with Gasteiger partial charge < -0.3 is 5.32 Å². The quantitative estimate of drug-likeness (QED) is 0.862. The summed E-state index contributed by atoms with van der Waals surface area (Å²) in [7, 11) is 0. The lowest BCUT2D eigenvalue weighted by molar-refractivity contribution is 0.680. The molecular formula is C12H14BrN5O2. The minimum Gasteiger partial charge on any atom is -0.370 e. The van der Waals surface area contributed by atoms with Gasteiger partial charge in [0.2, 0.25) is 0 Å². The highest BCUT2D eigenvalue weighted by molar-refractivity contribution is 9.10. The van der Waals surface area contributed by atoms with Crippen molar-refractivity contribution in [2.45, 2.75) is 20.4 Å². The van der Waals surface area contributed by atoms with Gasteiger partial charge in [-0.15, -0.1) is 0 Å². The Kier molecular flexibility index (Phi) is 4.33. The standard InChI is InChI=1S/C12H14BrN5O2/c1-3-14-9-4-7(2)15-10(16-9)6-18-5-8(13)11(19)17-12(18)20/h4-5H,3,6H2,1-2H3,(H,14,15,16)(H,17,19,20). The third-order valence-electron chi connectivity index (χ3n) is 2.54. The van der Waals surface area contributed by atoms with Crippen molar-refractivity contribution in [3.63, 3.8) is 0 Å². The molecule has 0 saturated carbocycles. The van der Waals surface area contributed by atoms with Crippen LogP contribution in [0.4, 0.5) is 5.82 Å². The molecule has 0 radical (unpaired) electrons. The van der Waals surface area contributed by atoms with Gasteiger partial charge in [0.25, 0.3) is 5.56 Å². The van der Waals surface area contributed by atoms with E-state index in [4.69, 9.17) is 0 Å². The van der Waals surface area contributed by atoms with Crippen molar-refractivity contribution >= 4 is 21.7 Å². The van der Waals surface area contributed by atoms with Gasteiger partial charge in [0.1, 0.15) is 5.82 Å². The number of aromatic nitrogens is 4. The van der Waals surface area contributed by atoms with E-state index in [2.05, 4.69) is 36.2 Å². The lowest BCUT2D eigenvalue weighted by Gasteiger charge is -2.08. The third kappa shape index (κ3) is 3.32. The molecule has 0 amide bonds. The molecule has 0 atom stereocenters. The molecule has 0 aliphatic heterocycles. The molecule has 7 nitrogen and oxygen atoms in total. The molecule has 0 unspecified atom stereocenters. The van der Waals surface area contributed by atoms with Crippen molar-refractivity contribution in [2.75, 3.05) is 11.9 Å². The van der Waals surface area contributed by atoms with E-state index in [0.717, 1.165) is 12.2 Å². The summed E-state index contributed by atoms with van der Waals surface area (Å²) in [5, 5.41) is 3.10. The number of hydrogen-bond acceptors (Lipinski definition) is 5. The molecule has 0 aromatic carbocycles. The zero-order valence-corrected chi connectivity index (χ0v) is 12.7. The first-order valence-corrected chi connectivity index (χ1v) is 6.86. The van der Waals surface area contributed by atoms with E-state index in [0.29, 0.717) is 11.6 Å². The lowest BCUT2D eigenvalue weighted by atomic mass is 10.4. The molecule has 0 spiro atoms. The predicted octanol–water partition coefficient (Wildman–Crippen LogP) is 0.878. The minimum absolute atomic E-state index is 0.189. The van der Waals surface area contributed by atoms with Gasteiger partial charge in [-0.05, 0) is 29.8 Å². The summed E-state index contributed by atoms with van der Waals surface area (Å²) in [4.78, 5) is 33.8. The number of aromatic amines is 1. The topological polar surface area (TPSA) is 92.7 Å². The normalized spacial score (nSPS) is 10.6. The summed E-state index contributed by atoms with van der Waals surface area (Å²) in [6, 6.07) is 1.83. The molecule has 106 valence electrons. The van der Waals surface area contributed by atoms with Gasteiger partial charge in [0.05, 0.1) is 11.0 Å². The summed E-state index contributed by atoms with van der Waals surface area (Å²) in [5.41, 5.74) is -0.138. The van der Waals surface area contributed by atoms with Gasteiger partial charge in [-0.1, -0.05) is 0 Å². The second-order valence-electron chi connectivity index (χ2n) is 4.21. The molecule has 20 heavy (non-hydrogen) atoms. The molecule has 2 rings (SSSR count). The van der Waals surface area contributed by atoms with Crippen LogP contribution in [0, 0.1) is 6.92 Å². The first-order valence-electron chi connectivity index (χ1n) is 6.07. The Labute approximate surface area is 123 Å². The van der Waals surface area contributed by atoms with Gasteiger partial charge in [-0.3, -0.25) is 14.3 Å². The zero-order valence-electron chi connectivity index (χ0n) is 11.1. The molecule has 2 aromatic heterocycles. The number of H-pyrrole nitrogens is 1. The van der Waals surface area contributed by atoms with Crippen molar-refractivity contribution in [1.29, 1.82) is 0 Å². The minimum atomic E-state index is -0.492. The molecule has 2 N–H and O–H groups in total. The van der Waals surface area contributed by atoms with Crippen LogP contribution in [0.1, 0.15) is 18.4 Å². The van der Waals surface area contributed by atoms with E-state index in [1.54, 1.807) is 0 Å². The average molecular weight is 340 g/mol. The molecule has 2 heterocycles. The summed E-state index contributed by atoms with van der Waals surface area (Å²) in [6.07, 6.45) is 1.43. The molecule has 0 aliphatic carbocycles. The third-order valence-corrected chi connectivity index (χ3v) is 3.10. The van der Waals surface area contributed by atoms with E-state index < -0.39 is 11.2 Å². The Morgan fingerprint density at radius 1 is 1.40 bits per heavy atom. The number of aryl methyl sites for hydroxylation is 1. The van der Waals surface area contributed by atoms with Crippen molar-refractivity contribution in [1.82, 2.24) is 19.5 Å². The van der Waals surface area contributed by atoms with E-state index in [1.165, 1.54) is 10.8 Å². The molecule has 8 heteroatoms. The monoisotopic (exact) mass is 339 g/mol. The second kappa shape index (κ2) is 6.00. The van der Waals surface area contributed by atoms with Gasteiger partial charge in [0, 0.05) is 24.5 Å². The van der Waals surface area contributed by atoms with Crippen molar-refractivity contribution in [2.24, 2.45) is 0 Å². The Morgan fingerprint density at radius 3 is 2.85 bits per heavy atom. The Balaban J connectivity index is 2.37. The Morgan fingerprint density at radius 2 is 2.15 bits per heavy atom. The number of rotatable bonds is 4. The molecule has 0 saturated heterocycles. The maximum atomic E-state index is 11.7. The average Bonchev–Trinajstić information content (AvgIpc) is 2.35. The maximum absolute atomic E-state index is 11.7. The fourth-order valence-electron chi connectivity index (χ4n) is 1.72. The van der Waals surface area contributed by atoms with E-state index in [1.807, 2.05) is 19.9 Å². The van der Waals surface area contributed by atoms with Crippen LogP contribution in [0.2, 0.25) is 0 Å². The van der Waals surface area contributed by atoms with Crippen LogP contribution >= 0.6 is 15.9 Å². The molecule has 2 aromatic rings. The fourth-order valence-corrected chi connectivity index (χ4v) is 2.07. The largest absolute Gasteiger partial charge is 0.370 e. The van der Waals surface area contributed by atoms with Crippen molar-refractivity contribution in [3.8, 4) is 0 Å². The van der Waals surface area contributed by atoms with Crippen LogP contribution in [0.25, 0.3) is 0 Å². The van der Waals surface area contributed by atoms with Crippen LogP contribution in [0.15, 0.2) is 26.3 Å². The Hall–Kier alpha value is -1.96. The number of nitrogens with zero attached hydrogens (tertiary/aromatic N) is 3. The first-order chi connectivity index (χ1) is 9.49. The maximum Gasteiger partial charge on any atom is 0.328 e. The second-order valence-corrected chi connectivity index (χ2v) is 5.06. The predicted molar refractivity (Wildman–Crippen MR) is 79.1 cm³/mol. The highest BCUT2D eigenvalue weighted by atomic mass is 79.9. The summed E-state index contributed by atoms with van der Waals surface area (Å²) < 4.78 is 1.63. The van der Waals surface area contributed by atoms with Crippen LogP contribution in [0.3, 0.4) is 0 Å². The van der Waals surface area contributed by atoms with Gasteiger partial charge in [-0.2, -0.15) is 0 Å². The molecule has 0 fully saturated rings. The van der Waals surface area contributed by atoms with Crippen molar-refractivity contribution in [3.05, 3.63) is 49.1 Å². The van der Waals surface area contributed by atoms with E-state index in [-0.39, 0.29) is 11.0 Å². The van der Waals surface area contributed by atoms with E-state index in [9.17, 15) is 9.59 Å². The van der Waals surface area contributed by atoms with Gasteiger partial charge in [-0.25, -0.2) is 14.8 Å². The number of halogens is 1. The number of anilines is 1. The van der Waals surface area contributed by atoms with E-state index >= 15 is 0 Å². The van der Waals surface area contributed by atoms with Crippen LogP contribution in [-0.2, 0) is 6.54 Å². The van der Waals surface area contributed by atoms with Gasteiger partial charge >= 0.3 is 5.69 Å². The molecule has 0 aliphatic rings. The van der Waals surface area contributed by atoms with Crippen molar-refractivity contribution < 1.29 is 0 Å². The smallest absolute Gasteiger partial charge is 0.328 e. The highest BCUT2D eigenvalue weighted by Gasteiger charge is 2.06. The number of nitrogens with one attached hydrogen (secondary N) is 2. The SMILES string of the molecule is CCNc1cc(C)nc(Cn2cc(Br)c(=O)[nH]c2=O)n1.